The van der Waals surface area contributed by atoms with E-state index in [1.165, 1.54) is 23.5 Å². The maximum Gasteiger partial charge on any atom is 0.283 e. The van der Waals surface area contributed by atoms with Crippen molar-refractivity contribution in [3.63, 3.8) is 0 Å². The highest BCUT2D eigenvalue weighted by molar-refractivity contribution is 7.21. The fourth-order valence-corrected chi connectivity index (χ4v) is 3.29. The van der Waals surface area contributed by atoms with Crippen LogP contribution in [-0.2, 0) is 0 Å². The smallest absolute Gasteiger partial charge is 0.283 e. The molecule has 7 heteroatoms. The van der Waals surface area contributed by atoms with Crippen LogP contribution in [-0.4, -0.2) is 5.91 Å². The van der Waals surface area contributed by atoms with Crippen LogP contribution in [0.4, 0.5) is 15.8 Å². The summed E-state index contributed by atoms with van der Waals surface area (Å²) >= 11 is 7.25. The number of carbonyl (C=O) groups excluding carboxylic acids is 1. The van der Waals surface area contributed by atoms with Crippen molar-refractivity contribution in [3.8, 4) is 0 Å². The molecule has 1 amide bonds. The molecule has 0 radical (unpaired) electrons. The van der Waals surface area contributed by atoms with Crippen LogP contribution in [0.25, 0.3) is 10.1 Å². The zero-order chi connectivity index (χ0) is 15.7. The second-order valence-electron chi connectivity index (χ2n) is 4.50. The summed E-state index contributed by atoms with van der Waals surface area (Å²) in [6.45, 7) is 0. The molecule has 0 spiro atoms. The first-order chi connectivity index (χ1) is 10.6. The molecule has 112 valence electrons. The number of benzene rings is 2. The first-order valence-electron chi connectivity index (χ1n) is 6.26. The van der Waals surface area contributed by atoms with E-state index in [0.717, 1.165) is 16.2 Å². The Hall–Kier alpha value is -2.15. The molecule has 2 aromatic carbocycles. The Balaban J connectivity index is 1.94. The van der Waals surface area contributed by atoms with E-state index in [1.807, 2.05) is 24.3 Å². The number of rotatable bonds is 3. The van der Waals surface area contributed by atoms with Crippen LogP contribution in [0.1, 0.15) is 9.67 Å². The van der Waals surface area contributed by atoms with Gasteiger partial charge in [0.1, 0.15) is 5.82 Å². The van der Waals surface area contributed by atoms with Crippen molar-refractivity contribution in [2.45, 2.75) is 0 Å². The van der Waals surface area contributed by atoms with Gasteiger partial charge in [0.2, 0.25) is 0 Å². The van der Waals surface area contributed by atoms with E-state index in [4.69, 9.17) is 11.8 Å². The Kier molecular flexibility index (Phi) is 3.98. The Morgan fingerprint density at radius 1 is 1.23 bits per heavy atom. The number of nitrogens with one attached hydrogen (secondary N) is 1. The second kappa shape index (κ2) is 5.92. The number of amides is 1. The van der Waals surface area contributed by atoms with E-state index >= 15 is 0 Å². The summed E-state index contributed by atoms with van der Waals surface area (Å²) < 4.78 is 15.6. The molecule has 0 fully saturated rings. The van der Waals surface area contributed by atoms with Crippen molar-refractivity contribution in [1.82, 2.24) is 0 Å². The SMILES string of the molecule is O=C(c1cc2ccccc2s1)N(Cl)c1ccc(N[O-])cc1F. The molecule has 0 unspecified atom stereocenters. The summed E-state index contributed by atoms with van der Waals surface area (Å²) in [5, 5.41) is 11.4. The van der Waals surface area contributed by atoms with Gasteiger partial charge >= 0.3 is 0 Å². The standard InChI is InChI=1S/C15H9ClFN2O2S/c16-19(12-6-5-10(18-21)8-11(12)17)15(20)14-7-9-3-1-2-4-13(9)22-14/h1-8,18H/q-1. The molecule has 3 aromatic rings. The average Bonchev–Trinajstić information content (AvgIpc) is 2.97. The van der Waals surface area contributed by atoms with Crippen LogP contribution in [0.2, 0.25) is 0 Å². The normalized spacial score (nSPS) is 10.7. The van der Waals surface area contributed by atoms with Crippen LogP contribution in [0.3, 0.4) is 0 Å². The highest BCUT2D eigenvalue weighted by Crippen LogP contribution is 2.30. The largest absolute Gasteiger partial charge is 0.761 e. The van der Waals surface area contributed by atoms with E-state index in [1.54, 1.807) is 11.5 Å². The molecule has 0 aliphatic heterocycles. The molecule has 1 N–H and O–H groups in total. The third kappa shape index (κ3) is 2.64. The minimum Gasteiger partial charge on any atom is -0.761 e. The zero-order valence-electron chi connectivity index (χ0n) is 11.0. The molecule has 0 atom stereocenters. The second-order valence-corrected chi connectivity index (χ2v) is 5.92. The summed E-state index contributed by atoms with van der Waals surface area (Å²) in [5.41, 5.74) is 1.53. The molecular weight excluding hydrogens is 327 g/mol. The highest BCUT2D eigenvalue weighted by atomic mass is 35.5. The number of hydrogen-bond acceptors (Lipinski definition) is 4. The van der Waals surface area contributed by atoms with Crippen LogP contribution in [0.5, 0.6) is 0 Å². The summed E-state index contributed by atoms with van der Waals surface area (Å²) in [5.74, 6) is -1.28. The molecular formula is C15H9ClFN2O2S-. The van der Waals surface area contributed by atoms with Crippen molar-refractivity contribution in [2.75, 3.05) is 9.90 Å². The minimum atomic E-state index is -0.759. The number of anilines is 2. The fourth-order valence-electron chi connectivity index (χ4n) is 2.02. The van der Waals surface area contributed by atoms with E-state index in [9.17, 15) is 14.4 Å². The Morgan fingerprint density at radius 2 is 2.00 bits per heavy atom. The number of halogens is 2. The predicted molar refractivity (Wildman–Crippen MR) is 87.9 cm³/mol. The zero-order valence-corrected chi connectivity index (χ0v) is 12.6. The lowest BCUT2D eigenvalue weighted by molar-refractivity contribution is 0.101. The molecule has 0 aliphatic rings. The number of fused-ring (bicyclic) bond motifs is 1. The molecule has 22 heavy (non-hydrogen) atoms. The van der Waals surface area contributed by atoms with Gasteiger partial charge in [-0.2, -0.15) is 0 Å². The molecule has 0 aliphatic carbocycles. The van der Waals surface area contributed by atoms with Crippen molar-refractivity contribution in [3.05, 3.63) is 64.4 Å². The molecule has 0 saturated heterocycles. The average molecular weight is 336 g/mol. The van der Waals surface area contributed by atoms with E-state index in [2.05, 4.69) is 0 Å². The molecule has 0 bridgehead atoms. The molecule has 4 nitrogen and oxygen atoms in total. The summed E-state index contributed by atoms with van der Waals surface area (Å²) in [7, 11) is 0. The van der Waals surface area contributed by atoms with Crippen LogP contribution >= 0.6 is 23.1 Å². The lowest BCUT2D eigenvalue weighted by Crippen LogP contribution is -2.20. The maximum absolute atomic E-state index is 13.9. The third-order valence-electron chi connectivity index (χ3n) is 3.09. The van der Waals surface area contributed by atoms with Gasteiger partial charge in [-0.25, -0.2) is 8.81 Å². The van der Waals surface area contributed by atoms with Crippen molar-refractivity contribution in [2.24, 2.45) is 0 Å². The Labute approximate surface area is 134 Å². The lowest BCUT2D eigenvalue weighted by Gasteiger charge is -2.16. The van der Waals surface area contributed by atoms with Crippen LogP contribution in [0.15, 0.2) is 48.5 Å². The van der Waals surface area contributed by atoms with Gasteiger partial charge in [-0.1, -0.05) is 18.2 Å². The third-order valence-corrected chi connectivity index (χ3v) is 4.53. The van der Waals surface area contributed by atoms with Gasteiger partial charge in [-0.15, -0.1) is 11.3 Å². The monoisotopic (exact) mass is 335 g/mol. The van der Waals surface area contributed by atoms with E-state index in [-0.39, 0.29) is 11.4 Å². The molecule has 3 rings (SSSR count). The first kappa shape index (κ1) is 14.8. The highest BCUT2D eigenvalue weighted by Gasteiger charge is 2.21. The van der Waals surface area contributed by atoms with Crippen LogP contribution in [0, 0.1) is 11.0 Å². The van der Waals surface area contributed by atoms with Gasteiger partial charge in [0.05, 0.1) is 10.6 Å². The Morgan fingerprint density at radius 3 is 2.68 bits per heavy atom. The molecule has 1 aromatic heterocycles. The van der Waals surface area contributed by atoms with Gasteiger partial charge in [-0.05, 0) is 35.7 Å². The van der Waals surface area contributed by atoms with Gasteiger partial charge < -0.3 is 10.7 Å². The number of carbonyl (C=O) groups is 1. The van der Waals surface area contributed by atoms with Gasteiger partial charge in [-0.3, -0.25) is 4.79 Å². The fraction of sp³-hybridized carbons (Fsp3) is 0. The van der Waals surface area contributed by atoms with Gasteiger partial charge in [0.25, 0.3) is 5.91 Å². The van der Waals surface area contributed by atoms with Gasteiger partial charge in [0.15, 0.2) is 0 Å². The van der Waals surface area contributed by atoms with Crippen molar-refractivity contribution >= 4 is 50.5 Å². The quantitative estimate of drug-likeness (QED) is 0.555. The summed E-state index contributed by atoms with van der Waals surface area (Å²) in [4.78, 5) is 12.8. The first-order valence-corrected chi connectivity index (χ1v) is 7.42. The van der Waals surface area contributed by atoms with Crippen molar-refractivity contribution in [1.29, 1.82) is 0 Å². The van der Waals surface area contributed by atoms with E-state index in [0.29, 0.717) is 9.30 Å². The van der Waals surface area contributed by atoms with Gasteiger partial charge in [0, 0.05) is 22.2 Å². The van der Waals surface area contributed by atoms with Crippen molar-refractivity contribution < 1.29 is 9.18 Å². The summed E-state index contributed by atoms with van der Waals surface area (Å²) in [6.07, 6.45) is 0. The number of thiophene rings is 1. The molecule has 1 heterocycles. The lowest BCUT2D eigenvalue weighted by atomic mass is 10.2. The topological polar surface area (TPSA) is 55.4 Å². The maximum atomic E-state index is 13.9. The van der Waals surface area contributed by atoms with Crippen LogP contribution < -0.4 is 9.90 Å². The minimum absolute atomic E-state index is 0.0561. The Bertz CT molecular complexity index is 819. The van der Waals surface area contributed by atoms with E-state index < -0.39 is 11.7 Å². The predicted octanol–water partition coefficient (Wildman–Crippen LogP) is 4.75. The molecule has 0 saturated carbocycles. The summed E-state index contributed by atoms with van der Waals surface area (Å²) in [6, 6.07) is 12.8. The number of hydrogen-bond donors (Lipinski definition) is 1. The number of nitrogens with zero attached hydrogens (tertiary/aromatic N) is 1.